The first kappa shape index (κ1) is 17.0. The van der Waals surface area contributed by atoms with Crippen molar-refractivity contribution >= 4 is 0 Å². The van der Waals surface area contributed by atoms with Crippen LogP contribution in [-0.2, 0) is 10.9 Å². The molecule has 2 N–H and O–H groups in total. The van der Waals surface area contributed by atoms with Gasteiger partial charge in [0.05, 0.1) is 18.2 Å². The van der Waals surface area contributed by atoms with Crippen LogP contribution >= 0.6 is 0 Å². The predicted molar refractivity (Wildman–Crippen MR) is 73.3 cm³/mol. The molecule has 0 saturated carbocycles. The molecule has 5 heteroatoms. The summed E-state index contributed by atoms with van der Waals surface area (Å²) in [6, 6.07) is 4.62. The normalized spacial score (nSPS) is 15.1. The maximum Gasteiger partial charge on any atom is 0.416 e. The van der Waals surface area contributed by atoms with Crippen molar-refractivity contribution in [3.63, 3.8) is 0 Å². The molecule has 114 valence electrons. The van der Waals surface area contributed by atoms with Gasteiger partial charge in [0.2, 0.25) is 0 Å². The Balaban J connectivity index is 2.62. The number of hydrogen-bond donors (Lipinski definition) is 1. The largest absolute Gasteiger partial charge is 0.416 e. The van der Waals surface area contributed by atoms with Crippen LogP contribution in [0.1, 0.15) is 43.9 Å². The van der Waals surface area contributed by atoms with E-state index in [0.29, 0.717) is 12.5 Å². The molecule has 0 aliphatic heterocycles. The van der Waals surface area contributed by atoms with Crippen molar-refractivity contribution in [3.8, 4) is 0 Å². The SMILES string of the molecule is CCCC(C)COCC(N)c1ccccc1C(F)(F)F. The monoisotopic (exact) mass is 289 g/mol. The highest BCUT2D eigenvalue weighted by atomic mass is 19.4. The molecule has 0 aliphatic rings. The molecule has 0 bridgehead atoms. The van der Waals surface area contributed by atoms with E-state index in [1.165, 1.54) is 12.1 Å². The van der Waals surface area contributed by atoms with Crippen molar-refractivity contribution in [2.75, 3.05) is 13.2 Å². The lowest BCUT2D eigenvalue weighted by molar-refractivity contribution is -0.138. The van der Waals surface area contributed by atoms with Crippen LogP contribution in [0.2, 0.25) is 0 Å². The summed E-state index contributed by atoms with van der Waals surface area (Å²) >= 11 is 0. The zero-order valence-electron chi connectivity index (χ0n) is 11.9. The zero-order chi connectivity index (χ0) is 15.2. The molecule has 2 nitrogen and oxygen atoms in total. The Labute approximate surface area is 118 Å². The summed E-state index contributed by atoms with van der Waals surface area (Å²) in [5.41, 5.74) is 5.23. The average Bonchev–Trinajstić information content (AvgIpc) is 2.38. The van der Waals surface area contributed by atoms with E-state index in [-0.39, 0.29) is 12.2 Å². The van der Waals surface area contributed by atoms with Gasteiger partial charge in [-0.1, -0.05) is 38.5 Å². The topological polar surface area (TPSA) is 35.2 Å². The van der Waals surface area contributed by atoms with Crippen LogP contribution in [0, 0.1) is 5.92 Å². The van der Waals surface area contributed by atoms with Crippen molar-refractivity contribution in [1.29, 1.82) is 0 Å². The quantitative estimate of drug-likeness (QED) is 0.818. The van der Waals surface area contributed by atoms with E-state index in [2.05, 4.69) is 13.8 Å². The van der Waals surface area contributed by atoms with E-state index in [9.17, 15) is 13.2 Å². The molecule has 0 fully saturated rings. The molecule has 0 radical (unpaired) electrons. The Morgan fingerprint density at radius 3 is 2.45 bits per heavy atom. The van der Waals surface area contributed by atoms with Gasteiger partial charge in [-0.3, -0.25) is 0 Å². The van der Waals surface area contributed by atoms with Gasteiger partial charge in [-0.25, -0.2) is 0 Å². The Morgan fingerprint density at radius 2 is 1.85 bits per heavy atom. The van der Waals surface area contributed by atoms with Crippen LogP contribution in [0.25, 0.3) is 0 Å². The molecule has 0 aromatic heterocycles. The molecule has 0 saturated heterocycles. The van der Waals surface area contributed by atoms with Crippen LogP contribution < -0.4 is 5.73 Å². The Bertz CT molecular complexity index is 406. The van der Waals surface area contributed by atoms with Crippen molar-refractivity contribution in [1.82, 2.24) is 0 Å². The fraction of sp³-hybridized carbons (Fsp3) is 0.600. The number of ether oxygens (including phenoxy) is 1. The molecule has 0 spiro atoms. The van der Waals surface area contributed by atoms with Crippen molar-refractivity contribution in [3.05, 3.63) is 35.4 Å². The average molecular weight is 289 g/mol. The second-order valence-corrected chi connectivity index (χ2v) is 5.12. The number of halogens is 3. The third-order valence-electron chi connectivity index (χ3n) is 3.15. The summed E-state index contributed by atoms with van der Waals surface area (Å²) in [7, 11) is 0. The van der Waals surface area contributed by atoms with Crippen molar-refractivity contribution in [2.24, 2.45) is 11.7 Å². The van der Waals surface area contributed by atoms with Gasteiger partial charge in [-0.2, -0.15) is 13.2 Å². The van der Waals surface area contributed by atoms with Crippen LogP contribution in [0.3, 0.4) is 0 Å². The fourth-order valence-electron chi connectivity index (χ4n) is 2.14. The minimum Gasteiger partial charge on any atom is -0.379 e. The smallest absolute Gasteiger partial charge is 0.379 e. The number of nitrogens with two attached hydrogens (primary N) is 1. The van der Waals surface area contributed by atoms with Gasteiger partial charge >= 0.3 is 6.18 Å². The number of alkyl halides is 3. The predicted octanol–water partition coefficient (Wildman–Crippen LogP) is 4.16. The lowest BCUT2D eigenvalue weighted by atomic mass is 10.0. The van der Waals surface area contributed by atoms with Gasteiger partial charge in [-0.15, -0.1) is 0 Å². The van der Waals surface area contributed by atoms with E-state index in [4.69, 9.17) is 10.5 Å². The summed E-state index contributed by atoms with van der Waals surface area (Å²) in [5.74, 6) is 0.394. The summed E-state index contributed by atoms with van der Waals surface area (Å²) < 4.78 is 44.0. The van der Waals surface area contributed by atoms with Crippen molar-refractivity contribution in [2.45, 2.75) is 38.9 Å². The Morgan fingerprint density at radius 1 is 1.20 bits per heavy atom. The molecule has 20 heavy (non-hydrogen) atoms. The minimum atomic E-state index is -4.39. The molecular weight excluding hydrogens is 267 g/mol. The molecule has 1 rings (SSSR count). The van der Waals surface area contributed by atoms with E-state index >= 15 is 0 Å². The first-order chi connectivity index (χ1) is 9.36. The second-order valence-electron chi connectivity index (χ2n) is 5.12. The van der Waals surface area contributed by atoms with Gasteiger partial charge in [0.1, 0.15) is 0 Å². The van der Waals surface area contributed by atoms with E-state index < -0.39 is 17.8 Å². The fourth-order valence-corrected chi connectivity index (χ4v) is 2.14. The van der Waals surface area contributed by atoms with Gasteiger partial charge < -0.3 is 10.5 Å². The minimum absolute atomic E-state index is 0.0862. The molecular formula is C15H22F3NO. The van der Waals surface area contributed by atoms with Crippen LogP contribution in [0.4, 0.5) is 13.2 Å². The number of benzene rings is 1. The van der Waals surface area contributed by atoms with Gasteiger partial charge in [-0.05, 0) is 24.0 Å². The van der Waals surface area contributed by atoms with Gasteiger partial charge in [0.15, 0.2) is 0 Å². The first-order valence-electron chi connectivity index (χ1n) is 6.85. The second kappa shape index (κ2) is 7.64. The van der Waals surface area contributed by atoms with E-state index in [1.807, 2.05) is 0 Å². The highest BCUT2D eigenvalue weighted by Gasteiger charge is 2.34. The molecule has 0 amide bonds. The molecule has 2 atom stereocenters. The highest BCUT2D eigenvalue weighted by molar-refractivity contribution is 5.32. The lowest BCUT2D eigenvalue weighted by Crippen LogP contribution is -2.22. The molecule has 1 aromatic rings. The standard InChI is InChI=1S/C15H22F3NO/c1-3-6-11(2)9-20-10-14(19)12-7-4-5-8-13(12)15(16,17)18/h4-5,7-8,11,14H,3,6,9-10,19H2,1-2H3. The summed E-state index contributed by atoms with van der Waals surface area (Å²) in [6.07, 6.45) is -2.29. The number of rotatable bonds is 7. The summed E-state index contributed by atoms with van der Waals surface area (Å²) in [5, 5.41) is 0. The zero-order valence-corrected chi connectivity index (χ0v) is 11.9. The van der Waals surface area contributed by atoms with E-state index in [0.717, 1.165) is 18.9 Å². The van der Waals surface area contributed by atoms with Gasteiger partial charge in [0.25, 0.3) is 0 Å². The van der Waals surface area contributed by atoms with Gasteiger partial charge in [0, 0.05) is 6.61 Å². The van der Waals surface area contributed by atoms with Crippen LogP contribution in [0.5, 0.6) is 0 Å². The first-order valence-corrected chi connectivity index (χ1v) is 6.85. The van der Waals surface area contributed by atoms with Crippen molar-refractivity contribution < 1.29 is 17.9 Å². The van der Waals surface area contributed by atoms with Crippen LogP contribution in [0.15, 0.2) is 24.3 Å². The third kappa shape index (κ3) is 5.13. The maximum absolute atomic E-state index is 12.9. The highest BCUT2D eigenvalue weighted by Crippen LogP contribution is 2.33. The maximum atomic E-state index is 12.9. The molecule has 1 aromatic carbocycles. The molecule has 0 heterocycles. The number of hydrogen-bond acceptors (Lipinski definition) is 2. The molecule has 2 unspecified atom stereocenters. The van der Waals surface area contributed by atoms with Crippen LogP contribution in [-0.4, -0.2) is 13.2 Å². The Kier molecular flexibility index (Phi) is 6.49. The molecule has 0 aliphatic carbocycles. The summed E-state index contributed by atoms with van der Waals surface area (Å²) in [6.45, 7) is 4.76. The van der Waals surface area contributed by atoms with E-state index in [1.54, 1.807) is 6.07 Å². The third-order valence-corrected chi connectivity index (χ3v) is 3.15. The lowest BCUT2D eigenvalue weighted by Gasteiger charge is -2.19. The summed E-state index contributed by atoms with van der Waals surface area (Å²) in [4.78, 5) is 0. The Hall–Kier alpha value is -1.07.